The zero-order valence-electron chi connectivity index (χ0n) is 13.2. The van der Waals surface area contributed by atoms with E-state index < -0.39 is 10.0 Å². The number of nitrogens with zero attached hydrogens (tertiary/aromatic N) is 1. The topological polar surface area (TPSA) is 71.1 Å². The predicted molar refractivity (Wildman–Crippen MR) is 100 cm³/mol. The molecule has 0 unspecified atom stereocenters. The van der Waals surface area contributed by atoms with E-state index in [0.717, 1.165) is 5.56 Å². The standard InChI is InChI=1S/C18H16ClN3O2S/c19-15-7-4-8-17(11-15)25(23,24)22-16-9-10-18(21-13-16)20-12-14-5-2-1-3-6-14/h1-11,13,22H,12H2,(H,20,21). The molecule has 7 heteroatoms. The van der Waals surface area contributed by atoms with Gasteiger partial charge in [0.05, 0.1) is 16.8 Å². The smallest absolute Gasteiger partial charge is 0.261 e. The van der Waals surface area contributed by atoms with Gasteiger partial charge in [-0.2, -0.15) is 0 Å². The lowest BCUT2D eigenvalue weighted by molar-refractivity contribution is 0.601. The van der Waals surface area contributed by atoms with Gasteiger partial charge in [-0.05, 0) is 35.9 Å². The fourth-order valence-corrected chi connectivity index (χ4v) is 3.54. The molecule has 2 N–H and O–H groups in total. The van der Waals surface area contributed by atoms with Crippen molar-refractivity contribution in [2.75, 3.05) is 10.0 Å². The summed E-state index contributed by atoms with van der Waals surface area (Å²) in [6.45, 7) is 0.640. The van der Waals surface area contributed by atoms with E-state index in [1.807, 2.05) is 30.3 Å². The highest BCUT2D eigenvalue weighted by Gasteiger charge is 2.14. The number of halogens is 1. The monoisotopic (exact) mass is 373 g/mol. The van der Waals surface area contributed by atoms with Crippen LogP contribution in [0.15, 0.2) is 77.8 Å². The van der Waals surface area contributed by atoms with Crippen molar-refractivity contribution >= 4 is 33.1 Å². The summed E-state index contributed by atoms with van der Waals surface area (Å²) in [7, 11) is -3.70. The van der Waals surface area contributed by atoms with Gasteiger partial charge in [0.2, 0.25) is 0 Å². The maximum Gasteiger partial charge on any atom is 0.261 e. The largest absolute Gasteiger partial charge is 0.366 e. The van der Waals surface area contributed by atoms with E-state index in [2.05, 4.69) is 15.0 Å². The Morgan fingerprint density at radius 1 is 0.960 bits per heavy atom. The van der Waals surface area contributed by atoms with Gasteiger partial charge in [-0.1, -0.05) is 48.0 Å². The molecule has 25 heavy (non-hydrogen) atoms. The molecule has 3 rings (SSSR count). The van der Waals surface area contributed by atoms with Crippen LogP contribution in [0.25, 0.3) is 0 Å². The Labute approximate surface area is 151 Å². The molecule has 3 aromatic rings. The third kappa shape index (κ3) is 4.71. The molecule has 0 amide bonds. The molecule has 1 heterocycles. The molecule has 0 saturated heterocycles. The highest BCUT2D eigenvalue weighted by Crippen LogP contribution is 2.19. The number of hydrogen-bond donors (Lipinski definition) is 2. The summed E-state index contributed by atoms with van der Waals surface area (Å²) in [5.74, 6) is 0.662. The van der Waals surface area contributed by atoms with Crippen LogP contribution < -0.4 is 10.0 Å². The Balaban J connectivity index is 1.66. The molecule has 0 spiro atoms. The van der Waals surface area contributed by atoms with Gasteiger partial charge >= 0.3 is 0 Å². The van der Waals surface area contributed by atoms with Crippen LogP contribution in [0.4, 0.5) is 11.5 Å². The number of rotatable bonds is 6. The fourth-order valence-electron chi connectivity index (χ4n) is 2.20. The molecule has 2 aromatic carbocycles. The minimum Gasteiger partial charge on any atom is -0.366 e. The van der Waals surface area contributed by atoms with Gasteiger partial charge in [-0.3, -0.25) is 4.72 Å². The number of pyridine rings is 1. The number of anilines is 2. The Kier molecular flexibility index (Phi) is 5.21. The van der Waals surface area contributed by atoms with Gasteiger partial charge in [-0.25, -0.2) is 13.4 Å². The Morgan fingerprint density at radius 3 is 2.44 bits per heavy atom. The number of nitrogens with one attached hydrogen (secondary N) is 2. The first-order valence-electron chi connectivity index (χ1n) is 7.55. The second-order valence-electron chi connectivity index (χ2n) is 5.33. The fraction of sp³-hybridized carbons (Fsp3) is 0.0556. The molecule has 0 bridgehead atoms. The van der Waals surface area contributed by atoms with Crippen molar-refractivity contribution in [1.29, 1.82) is 0 Å². The molecule has 5 nitrogen and oxygen atoms in total. The summed E-state index contributed by atoms with van der Waals surface area (Å²) in [6, 6.07) is 19.4. The van der Waals surface area contributed by atoms with Crippen LogP contribution in [-0.4, -0.2) is 13.4 Å². The van der Waals surface area contributed by atoms with Crippen molar-refractivity contribution in [2.24, 2.45) is 0 Å². The molecule has 0 radical (unpaired) electrons. The van der Waals surface area contributed by atoms with Crippen LogP contribution in [0.5, 0.6) is 0 Å². The van der Waals surface area contributed by atoms with Crippen LogP contribution in [0.3, 0.4) is 0 Å². The molecular formula is C18H16ClN3O2S. The van der Waals surface area contributed by atoms with E-state index in [1.165, 1.54) is 18.3 Å². The molecule has 0 fully saturated rings. The van der Waals surface area contributed by atoms with Crippen LogP contribution in [0, 0.1) is 0 Å². The zero-order valence-corrected chi connectivity index (χ0v) is 14.8. The Hall–Kier alpha value is -2.57. The maximum atomic E-state index is 12.3. The SMILES string of the molecule is O=S(=O)(Nc1ccc(NCc2ccccc2)nc1)c1cccc(Cl)c1. The van der Waals surface area contributed by atoms with Gasteiger partial charge in [0.1, 0.15) is 5.82 Å². The van der Waals surface area contributed by atoms with Gasteiger partial charge in [0, 0.05) is 11.6 Å². The molecule has 0 aliphatic carbocycles. The average Bonchev–Trinajstić information content (AvgIpc) is 2.62. The summed E-state index contributed by atoms with van der Waals surface area (Å²) in [6.07, 6.45) is 1.47. The molecule has 0 saturated carbocycles. The highest BCUT2D eigenvalue weighted by molar-refractivity contribution is 7.92. The van der Waals surface area contributed by atoms with E-state index in [-0.39, 0.29) is 4.90 Å². The zero-order chi connectivity index (χ0) is 17.7. The average molecular weight is 374 g/mol. The third-order valence-electron chi connectivity index (χ3n) is 3.44. The summed E-state index contributed by atoms with van der Waals surface area (Å²) in [5.41, 5.74) is 1.51. The number of hydrogen-bond acceptors (Lipinski definition) is 4. The molecule has 1 aromatic heterocycles. The van der Waals surface area contributed by atoms with Crippen molar-refractivity contribution < 1.29 is 8.42 Å². The van der Waals surface area contributed by atoms with E-state index in [1.54, 1.807) is 24.3 Å². The van der Waals surface area contributed by atoms with Crippen molar-refractivity contribution in [1.82, 2.24) is 4.98 Å². The predicted octanol–water partition coefficient (Wildman–Crippen LogP) is 4.15. The molecular weight excluding hydrogens is 358 g/mol. The van der Waals surface area contributed by atoms with Gasteiger partial charge in [0.15, 0.2) is 0 Å². The lowest BCUT2D eigenvalue weighted by Gasteiger charge is -2.09. The lowest BCUT2D eigenvalue weighted by atomic mass is 10.2. The summed E-state index contributed by atoms with van der Waals surface area (Å²) >= 11 is 5.85. The third-order valence-corrected chi connectivity index (χ3v) is 5.05. The Morgan fingerprint density at radius 2 is 1.76 bits per heavy atom. The van der Waals surface area contributed by atoms with E-state index in [0.29, 0.717) is 23.1 Å². The van der Waals surface area contributed by atoms with E-state index >= 15 is 0 Å². The van der Waals surface area contributed by atoms with E-state index in [9.17, 15) is 8.42 Å². The second kappa shape index (κ2) is 7.55. The summed E-state index contributed by atoms with van der Waals surface area (Å²) in [4.78, 5) is 4.33. The minimum absolute atomic E-state index is 0.103. The van der Waals surface area contributed by atoms with Crippen LogP contribution in [-0.2, 0) is 16.6 Å². The van der Waals surface area contributed by atoms with E-state index in [4.69, 9.17) is 11.6 Å². The molecule has 0 atom stereocenters. The first-order valence-corrected chi connectivity index (χ1v) is 9.41. The van der Waals surface area contributed by atoms with Gasteiger partial charge in [0.25, 0.3) is 10.0 Å². The van der Waals surface area contributed by atoms with Crippen LogP contribution >= 0.6 is 11.6 Å². The van der Waals surface area contributed by atoms with Gasteiger partial charge < -0.3 is 5.32 Å². The Bertz CT molecular complexity index is 946. The molecule has 0 aliphatic heterocycles. The van der Waals surface area contributed by atoms with Crippen molar-refractivity contribution in [3.63, 3.8) is 0 Å². The van der Waals surface area contributed by atoms with Crippen molar-refractivity contribution in [3.8, 4) is 0 Å². The molecule has 128 valence electrons. The van der Waals surface area contributed by atoms with Crippen LogP contribution in [0.1, 0.15) is 5.56 Å². The number of sulfonamides is 1. The highest BCUT2D eigenvalue weighted by atomic mass is 35.5. The van der Waals surface area contributed by atoms with Crippen LogP contribution in [0.2, 0.25) is 5.02 Å². The quantitative estimate of drug-likeness (QED) is 0.681. The normalized spacial score (nSPS) is 11.1. The maximum absolute atomic E-state index is 12.3. The summed E-state index contributed by atoms with van der Waals surface area (Å²) < 4.78 is 27.2. The second-order valence-corrected chi connectivity index (χ2v) is 7.45. The van der Waals surface area contributed by atoms with Gasteiger partial charge in [-0.15, -0.1) is 0 Å². The first kappa shape index (κ1) is 17.3. The van der Waals surface area contributed by atoms with Crippen molar-refractivity contribution in [2.45, 2.75) is 11.4 Å². The first-order chi connectivity index (χ1) is 12.0. The number of benzene rings is 2. The minimum atomic E-state index is -3.70. The lowest BCUT2D eigenvalue weighted by Crippen LogP contribution is -2.13. The number of aromatic nitrogens is 1. The molecule has 0 aliphatic rings. The summed E-state index contributed by atoms with van der Waals surface area (Å²) in [5, 5.41) is 3.55. The van der Waals surface area contributed by atoms with Crippen molar-refractivity contribution in [3.05, 3.63) is 83.5 Å².